The standard InChI is InChI=1S/C14H18BrFN2O2/c15-12-4-2-10(6-13(12)16)8-18-14(20)17-7-9-1-3-11(19)5-9/h2,4,6,9,11,19H,1,3,5,7-8H2,(H2,17,18,20)/t9-,11+/m1/s1. The highest BCUT2D eigenvalue weighted by atomic mass is 79.9. The van der Waals surface area contributed by atoms with E-state index in [1.165, 1.54) is 6.07 Å². The van der Waals surface area contributed by atoms with Crippen LogP contribution >= 0.6 is 15.9 Å². The van der Waals surface area contributed by atoms with Crippen LogP contribution in [0, 0.1) is 11.7 Å². The summed E-state index contributed by atoms with van der Waals surface area (Å²) in [5.41, 5.74) is 0.706. The van der Waals surface area contributed by atoms with E-state index in [1.807, 2.05) is 0 Å². The van der Waals surface area contributed by atoms with Crippen molar-refractivity contribution in [2.75, 3.05) is 6.54 Å². The van der Waals surface area contributed by atoms with E-state index in [1.54, 1.807) is 12.1 Å². The molecule has 1 aliphatic carbocycles. The maximum atomic E-state index is 13.3. The molecule has 0 heterocycles. The number of carbonyl (C=O) groups is 1. The van der Waals surface area contributed by atoms with E-state index < -0.39 is 0 Å². The molecule has 20 heavy (non-hydrogen) atoms. The average Bonchev–Trinajstić information content (AvgIpc) is 2.83. The number of urea groups is 1. The van der Waals surface area contributed by atoms with Crippen molar-refractivity contribution < 1.29 is 14.3 Å². The number of rotatable bonds is 4. The fraction of sp³-hybridized carbons (Fsp3) is 0.500. The minimum absolute atomic E-state index is 0.226. The van der Waals surface area contributed by atoms with E-state index in [0.29, 0.717) is 22.5 Å². The second-order valence-electron chi connectivity index (χ2n) is 5.14. The third-order valence-corrected chi connectivity index (χ3v) is 4.15. The average molecular weight is 345 g/mol. The predicted octanol–water partition coefficient (Wildman–Crippen LogP) is 2.55. The van der Waals surface area contributed by atoms with Gasteiger partial charge in [0.1, 0.15) is 5.82 Å². The van der Waals surface area contributed by atoms with Gasteiger partial charge in [0.25, 0.3) is 0 Å². The van der Waals surface area contributed by atoms with Crippen LogP contribution in [-0.4, -0.2) is 23.8 Å². The Morgan fingerprint density at radius 1 is 1.40 bits per heavy atom. The molecule has 1 aromatic carbocycles. The van der Waals surface area contributed by atoms with Crippen molar-refractivity contribution in [1.29, 1.82) is 0 Å². The lowest BCUT2D eigenvalue weighted by Crippen LogP contribution is -2.37. The molecular formula is C14H18BrFN2O2. The molecule has 3 N–H and O–H groups in total. The molecule has 0 radical (unpaired) electrons. The van der Waals surface area contributed by atoms with E-state index >= 15 is 0 Å². The molecule has 4 nitrogen and oxygen atoms in total. The molecule has 0 spiro atoms. The third-order valence-electron chi connectivity index (χ3n) is 3.50. The summed E-state index contributed by atoms with van der Waals surface area (Å²) in [4.78, 5) is 11.6. The van der Waals surface area contributed by atoms with Gasteiger partial charge in [0.15, 0.2) is 0 Å². The summed E-state index contributed by atoms with van der Waals surface area (Å²) >= 11 is 3.08. The van der Waals surface area contributed by atoms with Crippen LogP contribution in [0.4, 0.5) is 9.18 Å². The van der Waals surface area contributed by atoms with Crippen LogP contribution in [0.2, 0.25) is 0 Å². The van der Waals surface area contributed by atoms with Crippen LogP contribution in [0.3, 0.4) is 0 Å². The Bertz CT molecular complexity index is 484. The minimum atomic E-state index is -0.343. The highest BCUT2D eigenvalue weighted by Crippen LogP contribution is 2.24. The molecule has 2 amide bonds. The highest BCUT2D eigenvalue weighted by Gasteiger charge is 2.22. The summed E-state index contributed by atoms with van der Waals surface area (Å²) in [5, 5.41) is 14.9. The SMILES string of the molecule is O=C(NCc1ccc(Br)c(F)c1)NC[C@@H]1CC[C@H](O)C1. The Morgan fingerprint density at radius 3 is 2.85 bits per heavy atom. The van der Waals surface area contributed by atoms with Gasteiger partial charge in [-0.15, -0.1) is 0 Å². The van der Waals surface area contributed by atoms with Gasteiger partial charge < -0.3 is 15.7 Å². The van der Waals surface area contributed by atoms with Crippen molar-refractivity contribution in [3.05, 3.63) is 34.1 Å². The number of halogens is 2. The Hall–Kier alpha value is -1.14. The number of carbonyl (C=O) groups excluding carboxylic acids is 1. The molecule has 0 saturated heterocycles. The lowest BCUT2D eigenvalue weighted by Gasteiger charge is -2.12. The third kappa shape index (κ3) is 4.45. The Kier molecular flexibility index (Phi) is 5.37. The maximum Gasteiger partial charge on any atom is 0.315 e. The van der Waals surface area contributed by atoms with Crippen LogP contribution in [-0.2, 0) is 6.54 Å². The predicted molar refractivity (Wildman–Crippen MR) is 77.7 cm³/mol. The molecule has 1 saturated carbocycles. The zero-order valence-electron chi connectivity index (χ0n) is 11.0. The van der Waals surface area contributed by atoms with Gasteiger partial charge in [-0.2, -0.15) is 0 Å². The summed E-state index contributed by atoms with van der Waals surface area (Å²) in [6.45, 7) is 0.848. The monoisotopic (exact) mass is 344 g/mol. The lowest BCUT2D eigenvalue weighted by molar-refractivity contribution is 0.177. The summed E-state index contributed by atoms with van der Waals surface area (Å²) in [6, 6.07) is 4.48. The second kappa shape index (κ2) is 7.04. The van der Waals surface area contributed by atoms with E-state index in [9.17, 15) is 14.3 Å². The molecule has 2 atom stereocenters. The van der Waals surface area contributed by atoms with E-state index in [-0.39, 0.29) is 24.5 Å². The molecule has 6 heteroatoms. The van der Waals surface area contributed by atoms with Gasteiger partial charge in [0.2, 0.25) is 0 Å². The van der Waals surface area contributed by atoms with E-state index in [0.717, 1.165) is 19.3 Å². The maximum absolute atomic E-state index is 13.3. The first-order valence-electron chi connectivity index (χ1n) is 6.68. The fourth-order valence-electron chi connectivity index (χ4n) is 2.37. The van der Waals surface area contributed by atoms with Crippen LogP contribution in [0.15, 0.2) is 22.7 Å². The van der Waals surface area contributed by atoms with Gasteiger partial charge in [0.05, 0.1) is 10.6 Å². The smallest absolute Gasteiger partial charge is 0.315 e. The Balaban J connectivity index is 1.70. The van der Waals surface area contributed by atoms with Gasteiger partial charge >= 0.3 is 6.03 Å². The van der Waals surface area contributed by atoms with Crippen LogP contribution < -0.4 is 10.6 Å². The Morgan fingerprint density at radius 2 is 2.20 bits per heavy atom. The lowest BCUT2D eigenvalue weighted by atomic mass is 10.1. The van der Waals surface area contributed by atoms with Gasteiger partial charge in [-0.25, -0.2) is 9.18 Å². The number of amides is 2. The molecule has 1 aliphatic rings. The molecule has 1 fully saturated rings. The summed E-state index contributed by atoms with van der Waals surface area (Å²) in [6.07, 6.45) is 2.28. The van der Waals surface area contributed by atoms with Crippen molar-refractivity contribution in [3.8, 4) is 0 Å². The second-order valence-corrected chi connectivity index (χ2v) is 6.00. The molecular weight excluding hydrogens is 327 g/mol. The molecule has 110 valence electrons. The van der Waals surface area contributed by atoms with Crippen LogP contribution in [0.5, 0.6) is 0 Å². The number of aliphatic hydroxyl groups is 1. The first kappa shape index (κ1) is 15.3. The number of hydrogen-bond acceptors (Lipinski definition) is 2. The molecule has 0 aromatic heterocycles. The number of hydrogen-bond donors (Lipinski definition) is 3. The zero-order chi connectivity index (χ0) is 14.5. The van der Waals surface area contributed by atoms with Crippen molar-refractivity contribution in [2.45, 2.75) is 31.9 Å². The molecule has 2 rings (SSSR count). The normalized spacial score (nSPS) is 21.8. The summed E-state index contributed by atoms with van der Waals surface area (Å²) in [7, 11) is 0. The van der Waals surface area contributed by atoms with Crippen molar-refractivity contribution >= 4 is 22.0 Å². The largest absolute Gasteiger partial charge is 0.393 e. The van der Waals surface area contributed by atoms with Crippen LogP contribution in [0.25, 0.3) is 0 Å². The van der Waals surface area contributed by atoms with Gasteiger partial charge in [-0.3, -0.25) is 0 Å². The highest BCUT2D eigenvalue weighted by molar-refractivity contribution is 9.10. The number of benzene rings is 1. The van der Waals surface area contributed by atoms with Crippen molar-refractivity contribution in [2.24, 2.45) is 5.92 Å². The molecule has 1 aromatic rings. The summed E-state index contributed by atoms with van der Waals surface area (Å²) < 4.78 is 13.7. The molecule has 0 aliphatic heterocycles. The van der Waals surface area contributed by atoms with Crippen molar-refractivity contribution in [1.82, 2.24) is 10.6 Å². The first-order chi connectivity index (χ1) is 9.54. The zero-order valence-corrected chi connectivity index (χ0v) is 12.6. The fourth-order valence-corrected chi connectivity index (χ4v) is 2.61. The van der Waals surface area contributed by atoms with Gasteiger partial charge in [-0.1, -0.05) is 6.07 Å². The molecule has 0 bridgehead atoms. The van der Waals surface area contributed by atoms with E-state index in [2.05, 4.69) is 26.6 Å². The number of aliphatic hydroxyl groups excluding tert-OH is 1. The van der Waals surface area contributed by atoms with Crippen molar-refractivity contribution in [3.63, 3.8) is 0 Å². The van der Waals surface area contributed by atoms with Gasteiger partial charge in [0, 0.05) is 13.1 Å². The molecule has 0 unspecified atom stereocenters. The summed E-state index contributed by atoms with van der Waals surface area (Å²) in [5.74, 6) is 0.00512. The topological polar surface area (TPSA) is 61.4 Å². The quantitative estimate of drug-likeness (QED) is 0.785. The van der Waals surface area contributed by atoms with Gasteiger partial charge in [-0.05, 0) is 58.8 Å². The number of nitrogens with one attached hydrogen (secondary N) is 2. The van der Waals surface area contributed by atoms with Crippen LogP contribution in [0.1, 0.15) is 24.8 Å². The van der Waals surface area contributed by atoms with E-state index in [4.69, 9.17) is 0 Å². The minimum Gasteiger partial charge on any atom is -0.393 e. The Labute approximate surface area is 125 Å². The first-order valence-corrected chi connectivity index (χ1v) is 7.47.